The molecule has 0 fully saturated rings. The van der Waals surface area contributed by atoms with Crippen LogP contribution in [0.25, 0.3) is 0 Å². The predicted molar refractivity (Wildman–Crippen MR) is 85.7 cm³/mol. The van der Waals surface area contributed by atoms with Crippen LogP contribution in [-0.2, 0) is 6.61 Å². The number of methoxy groups -OCH3 is 1. The molecule has 2 aromatic rings. The smallest absolute Gasteiger partial charge is 0.125 e. The molecule has 0 amide bonds. The Kier molecular flexibility index (Phi) is 5.23. The minimum atomic E-state index is 0.0934. The Balaban J connectivity index is 2.04. The largest absolute Gasteiger partial charge is 0.496 e. The van der Waals surface area contributed by atoms with E-state index >= 15 is 0 Å². The fourth-order valence-electron chi connectivity index (χ4n) is 2.23. The van der Waals surface area contributed by atoms with Gasteiger partial charge in [-0.1, -0.05) is 30.7 Å². The van der Waals surface area contributed by atoms with Gasteiger partial charge in [-0.25, -0.2) is 0 Å². The summed E-state index contributed by atoms with van der Waals surface area (Å²) in [4.78, 5) is 0. The van der Waals surface area contributed by atoms with Crippen LogP contribution in [0, 0.1) is 6.92 Å². The third-order valence-electron chi connectivity index (χ3n) is 3.58. The zero-order valence-electron chi connectivity index (χ0n) is 12.9. The van der Waals surface area contributed by atoms with Gasteiger partial charge >= 0.3 is 0 Å². The molecule has 0 bridgehead atoms. The van der Waals surface area contributed by atoms with E-state index in [9.17, 15) is 0 Å². The summed E-state index contributed by atoms with van der Waals surface area (Å²) >= 11 is 0. The lowest BCUT2D eigenvalue weighted by Crippen LogP contribution is -2.08. The van der Waals surface area contributed by atoms with Crippen molar-refractivity contribution in [2.75, 3.05) is 7.11 Å². The first-order valence-corrected chi connectivity index (χ1v) is 7.26. The number of hydrogen-bond acceptors (Lipinski definition) is 3. The Morgan fingerprint density at radius 2 is 1.81 bits per heavy atom. The maximum atomic E-state index is 6.01. The van der Waals surface area contributed by atoms with Crippen LogP contribution in [-0.4, -0.2) is 7.11 Å². The summed E-state index contributed by atoms with van der Waals surface area (Å²) in [6, 6.07) is 14.2. The lowest BCUT2D eigenvalue weighted by molar-refractivity contribution is 0.296. The molecule has 0 aliphatic rings. The van der Waals surface area contributed by atoms with Gasteiger partial charge in [0.15, 0.2) is 0 Å². The first-order valence-electron chi connectivity index (χ1n) is 7.26. The highest BCUT2D eigenvalue weighted by molar-refractivity contribution is 5.37. The van der Waals surface area contributed by atoms with Crippen LogP contribution in [0.1, 0.15) is 36.1 Å². The highest BCUT2D eigenvalue weighted by atomic mass is 16.5. The second-order valence-electron chi connectivity index (χ2n) is 5.19. The van der Waals surface area contributed by atoms with E-state index < -0.39 is 0 Å². The summed E-state index contributed by atoms with van der Waals surface area (Å²) in [5.41, 5.74) is 9.38. The van der Waals surface area contributed by atoms with Gasteiger partial charge in [-0.05, 0) is 43.2 Å². The lowest BCUT2D eigenvalue weighted by atomic mass is 10.1. The molecule has 3 nitrogen and oxygen atoms in total. The zero-order valence-corrected chi connectivity index (χ0v) is 12.9. The molecule has 112 valence electrons. The fourth-order valence-corrected chi connectivity index (χ4v) is 2.23. The van der Waals surface area contributed by atoms with Gasteiger partial charge in [-0.15, -0.1) is 0 Å². The molecule has 0 aliphatic carbocycles. The van der Waals surface area contributed by atoms with Crippen LogP contribution in [0.4, 0.5) is 0 Å². The molecule has 2 rings (SSSR count). The van der Waals surface area contributed by atoms with Gasteiger partial charge in [-0.3, -0.25) is 0 Å². The van der Waals surface area contributed by atoms with E-state index in [2.05, 4.69) is 19.9 Å². The van der Waals surface area contributed by atoms with Crippen LogP contribution >= 0.6 is 0 Å². The van der Waals surface area contributed by atoms with Crippen molar-refractivity contribution in [3.63, 3.8) is 0 Å². The van der Waals surface area contributed by atoms with Crippen molar-refractivity contribution in [2.45, 2.75) is 32.9 Å². The molecule has 0 radical (unpaired) electrons. The highest BCUT2D eigenvalue weighted by Gasteiger charge is 2.06. The maximum Gasteiger partial charge on any atom is 0.125 e. The van der Waals surface area contributed by atoms with Gasteiger partial charge in [0.2, 0.25) is 0 Å². The second kappa shape index (κ2) is 7.14. The molecule has 0 heterocycles. The summed E-state index contributed by atoms with van der Waals surface area (Å²) in [6.07, 6.45) is 0.931. The standard InChI is InChI=1S/C18H23NO2/c1-4-17(19)14-6-8-16(9-7-14)21-12-15-11-13(2)5-10-18(15)20-3/h5-11,17H,4,12,19H2,1-3H3. The monoisotopic (exact) mass is 285 g/mol. The number of ether oxygens (including phenoxy) is 2. The minimum Gasteiger partial charge on any atom is -0.496 e. The van der Waals surface area contributed by atoms with Crippen molar-refractivity contribution in [3.05, 3.63) is 59.2 Å². The first-order chi connectivity index (χ1) is 10.1. The molecule has 3 heteroatoms. The average Bonchev–Trinajstić information content (AvgIpc) is 2.52. The van der Waals surface area contributed by atoms with Crippen molar-refractivity contribution in [3.8, 4) is 11.5 Å². The summed E-state index contributed by atoms with van der Waals surface area (Å²) < 4.78 is 11.2. The Morgan fingerprint density at radius 1 is 1.10 bits per heavy atom. The molecule has 1 unspecified atom stereocenters. The van der Waals surface area contributed by atoms with Crippen molar-refractivity contribution in [1.82, 2.24) is 0 Å². The maximum absolute atomic E-state index is 6.01. The number of benzene rings is 2. The molecule has 0 aromatic heterocycles. The van der Waals surface area contributed by atoms with E-state index in [1.54, 1.807) is 7.11 Å². The molecule has 0 aliphatic heterocycles. The Labute approximate surface area is 126 Å². The van der Waals surface area contributed by atoms with Gasteiger partial charge in [0.1, 0.15) is 18.1 Å². The van der Waals surface area contributed by atoms with E-state index in [1.165, 1.54) is 5.56 Å². The molecule has 1 atom stereocenters. The van der Waals surface area contributed by atoms with Crippen molar-refractivity contribution in [1.29, 1.82) is 0 Å². The van der Waals surface area contributed by atoms with Crippen molar-refractivity contribution < 1.29 is 9.47 Å². The Hall–Kier alpha value is -2.00. The summed E-state index contributed by atoms with van der Waals surface area (Å²) in [6.45, 7) is 4.63. The van der Waals surface area contributed by atoms with Crippen LogP contribution in [0.15, 0.2) is 42.5 Å². The van der Waals surface area contributed by atoms with E-state index in [0.717, 1.165) is 29.0 Å². The number of nitrogens with two attached hydrogens (primary N) is 1. The molecule has 0 saturated carbocycles. The van der Waals surface area contributed by atoms with Gasteiger partial charge in [0.25, 0.3) is 0 Å². The molecular weight excluding hydrogens is 262 g/mol. The van der Waals surface area contributed by atoms with Crippen molar-refractivity contribution in [2.24, 2.45) is 5.73 Å². The molecule has 0 saturated heterocycles. The Bertz CT molecular complexity index is 578. The average molecular weight is 285 g/mol. The van der Waals surface area contributed by atoms with E-state index in [1.807, 2.05) is 36.4 Å². The summed E-state index contributed by atoms with van der Waals surface area (Å²) in [7, 11) is 1.68. The third-order valence-corrected chi connectivity index (χ3v) is 3.58. The quantitative estimate of drug-likeness (QED) is 0.872. The summed E-state index contributed by atoms with van der Waals surface area (Å²) in [5, 5.41) is 0. The Morgan fingerprint density at radius 3 is 2.43 bits per heavy atom. The van der Waals surface area contributed by atoms with Crippen LogP contribution in [0.5, 0.6) is 11.5 Å². The zero-order chi connectivity index (χ0) is 15.2. The topological polar surface area (TPSA) is 44.5 Å². The third kappa shape index (κ3) is 3.99. The molecule has 2 N–H and O–H groups in total. The second-order valence-corrected chi connectivity index (χ2v) is 5.19. The van der Waals surface area contributed by atoms with Gasteiger partial charge in [-0.2, -0.15) is 0 Å². The predicted octanol–water partition coefficient (Wildman–Crippen LogP) is 3.99. The van der Waals surface area contributed by atoms with Crippen LogP contribution in [0.2, 0.25) is 0 Å². The minimum absolute atomic E-state index is 0.0934. The SMILES string of the molecule is CCC(N)c1ccc(OCc2cc(C)ccc2OC)cc1. The molecule has 2 aromatic carbocycles. The number of rotatable bonds is 6. The van der Waals surface area contributed by atoms with Gasteiger partial charge in [0, 0.05) is 11.6 Å². The lowest BCUT2D eigenvalue weighted by Gasteiger charge is -2.13. The van der Waals surface area contributed by atoms with E-state index in [4.69, 9.17) is 15.2 Å². The highest BCUT2D eigenvalue weighted by Crippen LogP contribution is 2.23. The van der Waals surface area contributed by atoms with Gasteiger partial charge < -0.3 is 15.2 Å². The molecular formula is C18H23NO2. The van der Waals surface area contributed by atoms with E-state index in [0.29, 0.717) is 6.61 Å². The van der Waals surface area contributed by atoms with E-state index in [-0.39, 0.29) is 6.04 Å². The van der Waals surface area contributed by atoms with Gasteiger partial charge in [0.05, 0.1) is 7.11 Å². The number of hydrogen-bond donors (Lipinski definition) is 1. The van der Waals surface area contributed by atoms with Crippen molar-refractivity contribution >= 4 is 0 Å². The van der Waals surface area contributed by atoms with Crippen LogP contribution in [0.3, 0.4) is 0 Å². The number of aryl methyl sites for hydroxylation is 1. The normalized spacial score (nSPS) is 12.0. The fraction of sp³-hybridized carbons (Fsp3) is 0.333. The van der Waals surface area contributed by atoms with Crippen LogP contribution < -0.4 is 15.2 Å². The molecule has 21 heavy (non-hydrogen) atoms. The molecule has 0 spiro atoms. The summed E-state index contributed by atoms with van der Waals surface area (Å²) in [5.74, 6) is 1.69. The first kappa shape index (κ1) is 15.4.